The normalized spacial score (nSPS) is 21.2. The molecule has 1 unspecified atom stereocenters. The van der Waals surface area contributed by atoms with Gasteiger partial charge in [-0.25, -0.2) is 0 Å². The maximum atomic E-state index is 12.7. The zero-order valence-electron chi connectivity index (χ0n) is 12.2. The maximum Gasteiger partial charge on any atom is 0.252 e. The summed E-state index contributed by atoms with van der Waals surface area (Å²) in [6.45, 7) is 3.34. The molecule has 2 aliphatic rings. The minimum Gasteiger partial charge on any atom is -0.376 e. The summed E-state index contributed by atoms with van der Waals surface area (Å²) >= 11 is 0. The molecular weight excluding hydrogens is 274 g/mol. The van der Waals surface area contributed by atoms with Crippen LogP contribution in [0.1, 0.15) is 38.4 Å². The topological polar surface area (TPSA) is 93.2 Å². The van der Waals surface area contributed by atoms with Gasteiger partial charge in [0, 0.05) is 6.04 Å². The standard InChI is InChI=1S/C13H21N5O3/c1-9(21-11-7-20-8-11)13(19)18(10-4-2-3-5-10)6-12-14-16-17-15-12/h9-11H,2-8H2,1H3,(H,14,15,16,17). The lowest BCUT2D eigenvalue weighted by molar-refractivity contribution is -0.173. The van der Waals surface area contributed by atoms with Crippen molar-refractivity contribution in [3.8, 4) is 0 Å². The zero-order valence-corrected chi connectivity index (χ0v) is 12.2. The number of tetrazole rings is 1. The number of hydrogen-bond acceptors (Lipinski definition) is 6. The van der Waals surface area contributed by atoms with Crippen molar-refractivity contribution in [3.05, 3.63) is 5.82 Å². The second-order valence-corrected chi connectivity index (χ2v) is 5.67. The Labute approximate surface area is 123 Å². The summed E-state index contributed by atoms with van der Waals surface area (Å²) in [5, 5.41) is 13.9. The Hall–Kier alpha value is -1.54. The van der Waals surface area contributed by atoms with Crippen LogP contribution in [0.3, 0.4) is 0 Å². The van der Waals surface area contributed by atoms with Crippen molar-refractivity contribution in [3.63, 3.8) is 0 Å². The largest absolute Gasteiger partial charge is 0.376 e. The third kappa shape index (κ3) is 3.38. The van der Waals surface area contributed by atoms with Gasteiger partial charge in [0.05, 0.1) is 19.8 Å². The third-order valence-corrected chi connectivity index (χ3v) is 4.10. The number of H-pyrrole nitrogens is 1. The van der Waals surface area contributed by atoms with E-state index in [0.717, 1.165) is 25.7 Å². The highest BCUT2D eigenvalue weighted by atomic mass is 16.6. The van der Waals surface area contributed by atoms with E-state index in [0.29, 0.717) is 25.6 Å². The molecule has 8 nitrogen and oxygen atoms in total. The first-order chi connectivity index (χ1) is 10.2. The van der Waals surface area contributed by atoms with Crippen LogP contribution in [-0.2, 0) is 20.8 Å². The molecule has 1 aromatic heterocycles. The number of ether oxygens (including phenoxy) is 2. The van der Waals surface area contributed by atoms with Gasteiger partial charge < -0.3 is 14.4 Å². The Bertz CT molecular complexity index is 456. The second kappa shape index (κ2) is 6.48. The first-order valence-electron chi connectivity index (χ1n) is 7.50. The molecule has 1 saturated carbocycles. The van der Waals surface area contributed by atoms with Gasteiger partial charge in [-0.15, -0.1) is 10.2 Å². The number of nitrogens with zero attached hydrogens (tertiary/aromatic N) is 4. The molecule has 0 bridgehead atoms. The number of carbonyl (C=O) groups is 1. The summed E-state index contributed by atoms with van der Waals surface area (Å²) in [4.78, 5) is 14.6. The van der Waals surface area contributed by atoms with Crippen molar-refractivity contribution in [1.82, 2.24) is 25.5 Å². The van der Waals surface area contributed by atoms with Crippen molar-refractivity contribution < 1.29 is 14.3 Å². The number of aromatic nitrogens is 4. The Kier molecular flexibility index (Phi) is 4.45. The van der Waals surface area contributed by atoms with Crippen LogP contribution in [0.2, 0.25) is 0 Å². The van der Waals surface area contributed by atoms with Crippen molar-refractivity contribution in [2.24, 2.45) is 0 Å². The molecule has 21 heavy (non-hydrogen) atoms. The van der Waals surface area contributed by atoms with Gasteiger partial charge in [0.1, 0.15) is 12.2 Å². The lowest BCUT2D eigenvalue weighted by Crippen LogP contribution is -2.47. The van der Waals surface area contributed by atoms with Crippen LogP contribution < -0.4 is 0 Å². The fourth-order valence-electron chi connectivity index (χ4n) is 2.88. The molecule has 1 N–H and O–H groups in total. The van der Waals surface area contributed by atoms with E-state index in [1.807, 2.05) is 4.90 Å². The van der Waals surface area contributed by atoms with Gasteiger partial charge in [-0.2, -0.15) is 5.21 Å². The average molecular weight is 295 g/mol. The van der Waals surface area contributed by atoms with E-state index in [-0.39, 0.29) is 18.1 Å². The van der Waals surface area contributed by atoms with Crippen LogP contribution in [0.25, 0.3) is 0 Å². The van der Waals surface area contributed by atoms with Crippen LogP contribution in [0, 0.1) is 0 Å². The zero-order chi connectivity index (χ0) is 14.7. The monoisotopic (exact) mass is 295 g/mol. The molecule has 1 aliphatic carbocycles. The van der Waals surface area contributed by atoms with Gasteiger partial charge >= 0.3 is 0 Å². The highest BCUT2D eigenvalue weighted by Crippen LogP contribution is 2.25. The average Bonchev–Trinajstić information content (AvgIpc) is 3.11. The van der Waals surface area contributed by atoms with E-state index >= 15 is 0 Å². The van der Waals surface area contributed by atoms with E-state index in [4.69, 9.17) is 9.47 Å². The van der Waals surface area contributed by atoms with E-state index in [1.165, 1.54) is 0 Å². The van der Waals surface area contributed by atoms with Crippen molar-refractivity contribution in [2.45, 2.75) is 57.4 Å². The number of rotatable bonds is 6. The Morgan fingerprint density at radius 3 is 2.81 bits per heavy atom. The molecule has 2 heterocycles. The van der Waals surface area contributed by atoms with Crippen molar-refractivity contribution in [1.29, 1.82) is 0 Å². The molecule has 0 spiro atoms. The highest BCUT2D eigenvalue weighted by molar-refractivity contribution is 5.80. The third-order valence-electron chi connectivity index (χ3n) is 4.10. The van der Waals surface area contributed by atoms with Crippen LogP contribution >= 0.6 is 0 Å². The molecule has 1 atom stereocenters. The van der Waals surface area contributed by atoms with Gasteiger partial charge in [-0.3, -0.25) is 4.79 Å². The summed E-state index contributed by atoms with van der Waals surface area (Å²) < 4.78 is 10.8. The summed E-state index contributed by atoms with van der Waals surface area (Å²) in [6, 6.07) is 0.250. The summed E-state index contributed by atoms with van der Waals surface area (Å²) in [7, 11) is 0. The van der Waals surface area contributed by atoms with Crippen LogP contribution in [0.15, 0.2) is 0 Å². The smallest absolute Gasteiger partial charge is 0.252 e. The van der Waals surface area contributed by atoms with Crippen LogP contribution in [0.5, 0.6) is 0 Å². The number of hydrogen-bond donors (Lipinski definition) is 1. The fraction of sp³-hybridized carbons (Fsp3) is 0.846. The quantitative estimate of drug-likeness (QED) is 0.810. The lowest BCUT2D eigenvalue weighted by atomic mass is 10.1. The highest BCUT2D eigenvalue weighted by Gasteiger charge is 2.33. The van der Waals surface area contributed by atoms with Gasteiger partial charge in [-0.05, 0) is 19.8 Å². The maximum absolute atomic E-state index is 12.7. The Morgan fingerprint density at radius 2 is 2.24 bits per heavy atom. The molecule has 1 saturated heterocycles. The molecule has 8 heteroatoms. The number of aromatic amines is 1. The van der Waals surface area contributed by atoms with Crippen LogP contribution in [-0.4, -0.2) is 62.9 Å². The Balaban J connectivity index is 1.65. The molecular formula is C13H21N5O3. The van der Waals surface area contributed by atoms with Gasteiger partial charge in [-0.1, -0.05) is 18.1 Å². The molecule has 0 aromatic carbocycles. The minimum atomic E-state index is -0.466. The van der Waals surface area contributed by atoms with Crippen LogP contribution in [0.4, 0.5) is 0 Å². The first-order valence-corrected chi connectivity index (χ1v) is 7.50. The van der Waals surface area contributed by atoms with Crippen molar-refractivity contribution in [2.75, 3.05) is 13.2 Å². The van der Waals surface area contributed by atoms with E-state index in [1.54, 1.807) is 6.92 Å². The van der Waals surface area contributed by atoms with Gasteiger partial charge in [0.2, 0.25) is 0 Å². The van der Waals surface area contributed by atoms with E-state index < -0.39 is 6.10 Å². The summed E-state index contributed by atoms with van der Waals surface area (Å²) in [5.41, 5.74) is 0. The summed E-state index contributed by atoms with van der Waals surface area (Å²) in [6.07, 6.45) is 3.95. The number of amides is 1. The fourth-order valence-corrected chi connectivity index (χ4v) is 2.88. The first kappa shape index (κ1) is 14.4. The minimum absolute atomic E-state index is 0.00130. The molecule has 3 rings (SSSR count). The van der Waals surface area contributed by atoms with Gasteiger partial charge in [0.15, 0.2) is 5.82 Å². The Morgan fingerprint density at radius 1 is 1.48 bits per heavy atom. The van der Waals surface area contributed by atoms with Gasteiger partial charge in [0.25, 0.3) is 5.91 Å². The molecule has 1 aromatic rings. The number of nitrogens with one attached hydrogen (secondary N) is 1. The molecule has 2 fully saturated rings. The second-order valence-electron chi connectivity index (χ2n) is 5.67. The van der Waals surface area contributed by atoms with E-state index in [2.05, 4.69) is 20.6 Å². The molecule has 0 radical (unpaired) electrons. The summed E-state index contributed by atoms with van der Waals surface area (Å²) in [5.74, 6) is 0.535. The predicted octanol–water partition coefficient (Wildman–Crippen LogP) is 0.275. The molecule has 116 valence electrons. The number of carbonyl (C=O) groups excluding carboxylic acids is 1. The molecule has 1 amide bonds. The predicted molar refractivity (Wildman–Crippen MR) is 72.1 cm³/mol. The van der Waals surface area contributed by atoms with E-state index in [9.17, 15) is 4.79 Å². The lowest BCUT2D eigenvalue weighted by Gasteiger charge is -2.33. The SMILES string of the molecule is CC(OC1COC1)C(=O)N(Cc1nn[nH]n1)C1CCCC1. The molecule has 1 aliphatic heterocycles. The van der Waals surface area contributed by atoms with Crippen molar-refractivity contribution >= 4 is 5.91 Å².